The molecule has 1 aliphatic heterocycles. The molecule has 0 bridgehead atoms. The zero-order valence-corrected chi connectivity index (χ0v) is 8.95. The Morgan fingerprint density at radius 2 is 2.07 bits per heavy atom. The van der Waals surface area contributed by atoms with Crippen molar-refractivity contribution < 1.29 is 4.74 Å². The molecule has 0 aromatic carbocycles. The molecule has 2 aliphatic rings. The Labute approximate surface area is 86.6 Å². The SMILES string of the molecule is NCCCN(C1CCC1)C1CCOC1. The lowest BCUT2D eigenvalue weighted by molar-refractivity contribution is 0.0677. The number of hydrogen-bond acceptors (Lipinski definition) is 3. The van der Waals surface area contributed by atoms with Crippen molar-refractivity contribution >= 4 is 0 Å². The van der Waals surface area contributed by atoms with Crippen LogP contribution in [0, 0.1) is 0 Å². The molecule has 1 atom stereocenters. The Bertz CT molecular complexity index is 165. The van der Waals surface area contributed by atoms with Gasteiger partial charge in [0.1, 0.15) is 0 Å². The molecule has 14 heavy (non-hydrogen) atoms. The van der Waals surface area contributed by atoms with E-state index in [4.69, 9.17) is 10.5 Å². The molecule has 0 radical (unpaired) electrons. The maximum absolute atomic E-state index is 5.58. The average Bonchev–Trinajstić information content (AvgIpc) is 2.61. The van der Waals surface area contributed by atoms with Gasteiger partial charge in [-0.2, -0.15) is 0 Å². The number of ether oxygens (including phenoxy) is 1. The molecule has 2 fully saturated rings. The summed E-state index contributed by atoms with van der Waals surface area (Å²) in [6.07, 6.45) is 6.55. The molecule has 1 saturated heterocycles. The molecule has 1 heterocycles. The molecule has 3 heteroatoms. The largest absolute Gasteiger partial charge is 0.380 e. The molecular formula is C11H22N2O. The van der Waals surface area contributed by atoms with E-state index in [2.05, 4.69) is 4.90 Å². The zero-order valence-electron chi connectivity index (χ0n) is 8.95. The summed E-state index contributed by atoms with van der Waals surface area (Å²) in [5, 5.41) is 0. The van der Waals surface area contributed by atoms with Gasteiger partial charge in [-0.1, -0.05) is 6.42 Å². The maximum Gasteiger partial charge on any atom is 0.0622 e. The van der Waals surface area contributed by atoms with Gasteiger partial charge in [0.05, 0.1) is 6.61 Å². The Morgan fingerprint density at radius 1 is 1.21 bits per heavy atom. The Hall–Kier alpha value is -0.120. The fourth-order valence-corrected chi connectivity index (χ4v) is 2.44. The highest BCUT2D eigenvalue weighted by Gasteiger charge is 2.31. The number of hydrogen-bond donors (Lipinski definition) is 1. The number of rotatable bonds is 5. The predicted molar refractivity (Wildman–Crippen MR) is 57.2 cm³/mol. The topological polar surface area (TPSA) is 38.5 Å². The van der Waals surface area contributed by atoms with E-state index in [-0.39, 0.29) is 0 Å². The van der Waals surface area contributed by atoms with Crippen molar-refractivity contribution in [2.24, 2.45) is 5.73 Å². The van der Waals surface area contributed by atoms with Gasteiger partial charge in [-0.05, 0) is 32.2 Å². The maximum atomic E-state index is 5.58. The third-order valence-electron chi connectivity index (χ3n) is 3.54. The van der Waals surface area contributed by atoms with E-state index in [1.807, 2.05) is 0 Å². The van der Waals surface area contributed by atoms with Crippen molar-refractivity contribution in [3.8, 4) is 0 Å². The van der Waals surface area contributed by atoms with Gasteiger partial charge in [0, 0.05) is 25.2 Å². The molecule has 2 N–H and O–H groups in total. The van der Waals surface area contributed by atoms with Crippen molar-refractivity contribution in [2.45, 2.75) is 44.2 Å². The van der Waals surface area contributed by atoms with Crippen LogP contribution in [-0.2, 0) is 4.74 Å². The first-order valence-electron chi connectivity index (χ1n) is 5.95. The minimum Gasteiger partial charge on any atom is -0.380 e. The van der Waals surface area contributed by atoms with E-state index in [0.717, 1.165) is 32.2 Å². The lowest BCUT2D eigenvalue weighted by atomic mass is 9.90. The first-order chi connectivity index (χ1) is 6.92. The Morgan fingerprint density at radius 3 is 2.57 bits per heavy atom. The van der Waals surface area contributed by atoms with Crippen molar-refractivity contribution in [3.05, 3.63) is 0 Å². The summed E-state index contributed by atoms with van der Waals surface area (Å²) in [6.45, 7) is 3.89. The summed E-state index contributed by atoms with van der Waals surface area (Å²) in [5.74, 6) is 0. The fraction of sp³-hybridized carbons (Fsp3) is 1.00. The second-order valence-electron chi connectivity index (χ2n) is 4.48. The van der Waals surface area contributed by atoms with Crippen LogP contribution in [-0.4, -0.2) is 43.3 Å². The van der Waals surface area contributed by atoms with Crippen LogP contribution in [0.25, 0.3) is 0 Å². The summed E-state index contributed by atoms with van der Waals surface area (Å²) in [4.78, 5) is 2.66. The third-order valence-corrected chi connectivity index (χ3v) is 3.54. The van der Waals surface area contributed by atoms with Crippen LogP contribution in [0.15, 0.2) is 0 Å². The molecule has 1 unspecified atom stereocenters. The highest BCUT2D eigenvalue weighted by Crippen LogP contribution is 2.28. The lowest BCUT2D eigenvalue weighted by Crippen LogP contribution is -2.47. The van der Waals surface area contributed by atoms with Gasteiger partial charge in [0.2, 0.25) is 0 Å². The minimum atomic E-state index is 0.687. The van der Waals surface area contributed by atoms with Crippen LogP contribution in [0.1, 0.15) is 32.1 Å². The zero-order chi connectivity index (χ0) is 9.80. The van der Waals surface area contributed by atoms with Crippen LogP contribution < -0.4 is 5.73 Å². The van der Waals surface area contributed by atoms with Gasteiger partial charge in [-0.3, -0.25) is 4.90 Å². The van der Waals surface area contributed by atoms with Crippen LogP contribution in [0.3, 0.4) is 0 Å². The van der Waals surface area contributed by atoms with E-state index in [1.54, 1.807) is 0 Å². The first-order valence-corrected chi connectivity index (χ1v) is 5.95. The van der Waals surface area contributed by atoms with Gasteiger partial charge < -0.3 is 10.5 Å². The normalized spacial score (nSPS) is 28.3. The van der Waals surface area contributed by atoms with Gasteiger partial charge in [-0.25, -0.2) is 0 Å². The highest BCUT2D eigenvalue weighted by molar-refractivity contribution is 4.86. The molecule has 82 valence electrons. The van der Waals surface area contributed by atoms with E-state index in [1.165, 1.54) is 32.2 Å². The van der Waals surface area contributed by atoms with Crippen molar-refractivity contribution in [2.75, 3.05) is 26.3 Å². The Kier molecular flexibility index (Phi) is 3.79. The summed E-state index contributed by atoms with van der Waals surface area (Å²) in [7, 11) is 0. The van der Waals surface area contributed by atoms with Gasteiger partial charge in [0.15, 0.2) is 0 Å². The smallest absolute Gasteiger partial charge is 0.0622 e. The predicted octanol–water partition coefficient (Wildman–Crippen LogP) is 0.979. The summed E-state index contributed by atoms with van der Waals surface area (Å²) in [6, 6.07) is 1.53. The molecule has 3 nitrogen and oxygen atoms in total. The molecular weight excluding hydrogens is 176 g/mol. The number of nitrogens with two attached hydrogens (primary N) is 1. The van der Waals surface area contributed by atoms with Crippen LogP contribution in [0.4, 0.5) is 0 Å². The average molecular weight is 198 g/mol. The van der Waals surface area contributed by atoms with E-state index in [9.17, 15) is 0 Å². The van der Waals surface area contributed by atoms with Crippen molar-refractivity contribution in [1.82, 2.24) is 4.90 Å². The van der Waals surface area contributed by atoms with Crippen LogP contribution in [0.5, 0.6) is 0 Å². The lowest BCUT2D eigenvalue weighted by Gasteiger charge is -2.41. The monoisotopic (exact) mass is 198 g/mol. The molecule has 0 aromatic heterocycles. The molecule has 0 spiro atoms. The second kappa shape index (κ2) is 5.10. The molecule has 1 saturated carbocycles. The van der Waals surface area contributed by atoms with Crippen LogP contribution >= 0.6 is 0 Å². The quantitative estimate of drug-likeness (QED) is 0.715. The van der Waals surface area contributed by atoms with Gasteiger partial charge in [0.25, 0.3) is 0 Å². The third kappa shape index (κ3) is 2.27. The molecule has 0 aromatic rings. The summed E-state index contributed by atoms with van der Waals surface area (Å²) < 4.78 is 5.46. The van der Waals surface area contributed by atoms with Gasteiger partial charge in [-0.15, -0.1) is 0 Å². The minimum absolute atomic E-state index is 0.687. The standard InChI is InChI=1S/C11H22N2O/c12-6-2-7-13(10-3-1-4-10)11-5-8-14-9-11/h10-11H,1-9,12H2. The van der Waals surface area contributed by atoms with E-state index < -0.39 is 0 Å². The summed E-state index contributed by atoms with van der Waals surface area (Å²) in [5.41, 5.74) is 5.58. The molecule has 1 aliphatic carbocycles. The highest BCUT2D eigenvalue weighted by atomic mass is 16.5. The van der Waals surface area contributed by atoms with Crippen LogP contribution in [0.2, 0.25) is 0 Å². The van der Waals surface area contributed by atoms with Crippen molar-refractivity contribution in [3.63, 3.8) is 0 Å². The second-order valence-corrected chi connectivity index (χ2v) is 4.48. The summed E-state index contributed by atoms with van der Waals surface area (Å²) >= 11 is 0. The van der Waals surface area contributed by atoms with Crippen molar-refractivity contribution in [1.29, 1.82) is 0 Å². The molecule has 2 rings (SSSR count). The fourth-order valence-electron chi connectivity index (χ4n) is 2.44. The van der Waals surface area contributed by atoms with E-state index in [0.29, 0.717) is 6.04 Å². The first kappa shape index (κ1) is 10.4. The Balaban J connectivity index is 1.83. The number of nitrogens with zero attached hydrogens (tertiary/aromatic N) is 1. The van der Waals surface area contributed by atoms with E-state index >= 15 is 0 Å². The van der Waals surface area contributed by atoms with Gasteiger partial charge >= 0.3 is 0 Å². The molecule has 0 amide bonds.